The van der Waals surface area contributed by atoms with Gasteiger partial charge in [-0.3, -0.25) is 0 Å². The molecule has 0 atom stereocenters. The molecule has 5 nitrogen and oxygen atoms in total. The highest BCUT2D eigenvalue weighted by molar-refractivity contribution is 5.81. The van der Waals surface area contributed by atoms with Crippen LogP contribution < -0.4 is 5.32 Å². The van der Waals surface area contributed by atoms with E-state index >= 15 is 0 Å². The summed E-state index contributed by atoms with van der Waals surface area (Å²) in [6.07, 6.45) is 3.56. The minimum Gasteiger partial charge on any atom is -0.424 e. The van der Waals surface area contributed by atoms with Crippen molar-refractivity contribution in [3.8, 4) is 11.3 Å². The monoisotopic (exact) mass is 310 g/mol. The van der Waals surface area contributed by atoms with Gasteiger partial charge in [0.2, 0.25) is 0 Å². The average molecular weight is 310 g/mol. The van der Waals surface area contributed by atoms with Crippen LogP contribution in [0.5, 0.6) is 0 Å². The van der Waals surface area contributed by atoms with Gasteiger partial charge >= 0.3 is 0 Å². The van der Waals surface area contributed by atoms with Crippen LogP contribution in [0, 0.1) is 6.92 Å². The minimum atomic E-state index is 0.296. The smallest absolute Gasteiger partial charge is 0.295 e. The Morgan fingerprint density at radius 2 is 2.09 bits per heavy atom. The number of nitrogens with one attached hydrogen (secondary N) is 1. The summed E-state index contributed by atoms with van der Waals surface area (Å²) >= 11 is 0. The zero-order valence-electron chi connectivity index (χ0n) is 13.9. The third-order valence-electron chi connectivity index (χ3n) is 4.41. The molecule has 0 amide bonds. The summed E-state index contributed by atoms with van der Waals surface area (Å²) in [6, 6.07) is 7.01. The first-order chi connectivity index (χ1) is 11.1. The molecule has 23 heavy (non-hydrogen) atoms. The van der Waals surface area contributed by atoms with Gasteiger partial charge in [0.25, 0.3) is 6.01 Å². The number of fused-ring (bicyclic) bond motifs is 2. The number of imidazole rings is 1. The van der Waals surface area contributed by atoms with Gasteiger partial charge in [-0.25, -0.2) is 4.98 Å². The normalized spacial score (nSPS) is 14.4. The first-order valence-electron chi connectivity index (χ1n) is 8.35. The van der Waals surface area contributed by atoms with Crippen LogP contribution in [0.3, 0.4) is 0 Å². The minimum absolute atomic E-state index is 0.296. The molecular weight excluding hydrogens is 288 g/mol. The Bertz CT molecular complexity index is 859. The second-order valence-electron chi connectivity index (χ2n) is 6.57. The molecule has 0 saturated carbocycles. The van der Waals surface area contributed by atoms with Crippen LogP contribution in [0.25, 0.3) is 22.4 Å². The lowest BCUT2D eigenvalue weighted by molar-refractivity contribution is 0.514. The Morgan fingerprint density at radius 3 is 2.87 bits per heavy atom. The van der Waals surface area contributed by atoms with E-state index in [1.54, 1.807) is 0 Å². The molecule has 5 heteroatoms. The number of aromatic nitrogens is 3. The molecule has 3 heterocycles. The lowest BCUT2D eigenvalue weighted by Gasteiger charge is -2.14. The van der Waals surface area contributed by atoms with E-state index in [1.807, 2.05) is 6.07 Å². The summed E-state index contributed by atoms with van der Waals surface area (Å²) in [5.74, 6) is 1.21. The zero-order chi connectivity index (χ0) is 16.0. The van der Waals surface area contributed by atoms with E-state index in [4.69, 9.17) is 9.40 Å². The third kappa shape index (κ3) is 2.50. The Balaban J connectivity index is 1.75. The van der Waals surface area contributed by atoms with Crippen LogP contribution in [-0.2, 0) is 13.0 Å². The molecular formula is C18H22N4O. The molecule has 0 bridgehead atoms. The highest BCUT2D eigenvalue weighted by Gasteiger charge is 2.18. The number of hydrogen-bond donors (Lipinski definition) is 1. The van der Waals surface area contributed by atoms with Gasteiger partial charge in [-0.05, 0) is 51.8 Å². The highest BCUT2D eigenvalue weighted by Crippen LogP contribution is 2.30. The molecule has 1 aliphatic rings. The van der Waals surface area contributed by atoms with Gasteiger partial charge in [-0.15, -0.1) is 0 Å². The van der Waals surface area contributed by atoms with Gasteiger partial charge in [0.05, 0.1) is 5.69 Å². The summed E-state index contributed by atoms with van der Waals surface area (Å²) in [6.45, 7) is 7.39. The molecule has 0 fully saturated rings. The van der Waals surface area contributed by atoms with E-state index in [9.17, 15) is 0 Å². The summed E-state index contributed by atoms with van der Waals surface area (Å²) in [5, 5.41) is 3.21. The summed E-state index contributed by atoms with van der Waals surface area (Å²) in [4.78, 5) is 9.41. The van der Waals surface area contributed by atoms with E-state index in [0.29, 0.717) is 12.1 Å². The second-order valence-corrected chi connectivity index (χ2v) is 6.57. The van der Waals surface area contributed by atoms with Gasteiger partial charge in [0, 0.05) is 30.3 Å². The second kappa shape index (κ2) is 5.41. The van der Waals surface area contributed by atoms with Crippen molar-refractivity contribution in [3.05, 3.63) is 29.7 Å². The van der Waals surface area contributed by atoms with Gasteiger partial charge in [0.1, 0.15) is 11.3 Å². The van der Waals surface area contributed by atoms with Crippen LogP contribution in [0.2, 0.25) is 0 Å². The average Bonchev–Trinajstić information content (AvgIpc) is 3.07. The largest absolute Gasteiger partial charge is 0.424 e. The lowest BCUT2D eigenvalue weighted by Crippen LogP contribution is -2.11. The first kappa shape index (κ1) is 14.3. The fourth-order valence-corrected chi connectivity index (χ4v) is 3.29. The predicted octanol–water partition coefficient (Wildman–Crippen LogP) is 4.16. The Kier molecular flexibility index (Phi) is 3.36. The van der Waals surface area contributed by atoms with Gasteiger partial charge < -0.3 is 14.3 Å². The quantitative estimate of drug-likeness (QED) is 0.789. The lowest BCUT2D eigenvalue weighted by atomic mass is 10.1. The van der Waals surface area contributed by atoms with Crippen molar-refractivity contribution >= 4 is 17.1 Å². The van der Waals surface area contributed by atoms with Crippen molar-refractivity contribution in [3.63, 3.8) is 0 Å². The zero-order valence-corrected chi connectivity index (χ0v) is 13.9. The SMILES string of the molecule is Cc1c(-c2ccc3oc(NC(C)C)nc3c2)nc2n1CCCC2. The number of hydrogen-bond acceptors (Lipinski definition) is 4. The van der Waals surface area contributed by atoms with E-state index < -0.39 is 0 Å². The van der Waals surface area contributed by atoms with Gasteiger partial charge in [-0.2, -0.15) is 4.98 Å². The van der Waals surface area contributed by atoms with E-state index in [1.165, 1.54) is 24.4 Å². The van der Waals surface area contributed by atoms with Crippen molar-refractivity contribution in [2.24, 2.45) is 0 Å². The predicted molar refractivity (Wildman–Crippen MR) is 91.7 cm³/mol. The van der Waals surface area contributed by atoms with Crippen LogP contribution in [0.1, 0.15) is 38.2 Å². The molecule has 0 aliphatic carbocycles. The molecule has 3 aromatic rings. The fraction of sp³-hybridized carbons (Fsp3) is 0.444. The number of nitrogens with zero attached hydrogens (tertiary/aromatic N) is 3. The van der Waals surface area contributed by atoms with Crippen molar-refractivity contribution in [1.29, 1.82) is 0 Å². The maximum Gasteiger partial charge on any atom is 0.295 e. The maximum atomic E-state index is 5.73. The number of oxazole rings is 1. The standard InChI is InChI=1S/C18H22N4O/c1-11(2)19-18-20-14-10-13(7-8-15(14)23-18)17-12(3)22-9-5-4-6-16(22)21-17/h7-8,10-11H,4-6,9H2,1-3H3,(H,19,20). The molecule has 2 aromatic heterocycles. The van der Waals surface area contributed by atoms with Gasteiger partial charge in [-0.1, -0.05) is 0 Å². The van der Waals surface area contributed by atoms with Crippen molar-refractivity contribution in [1.82, 2.24) is 14.5 Å². The molecule has 120 valence electrons. The van der Waals surface area contributed by atoms with Gasteiger partial charge in [0.15, 0.2) is 5.58 Å². The Hall–Kier alpha value is -2.30. The molecule has 0 spiro atoms. The molecule has 0 unspecified atom stereocenters. The maximum absolute atomic E-state index is 5.73. The Labute approximate surface area is 135 Å². The van der Waals surface area contributed by atoms with E-state index in [0.717, 1.165) is 35.3 Å². The molecule has 0 saturated heterocycles. The number of rotatable bonds is 3. The summed E-state index contributed by atoms with van der Waals surface area (Å²) in [7, 11) is 0. The highest BCUT2D eigenvalue weighted by atomic mass is 16.4. The molecule has 4 rings (SSSR count). The first-order valence-corrected chi connectivity index (χ1v) is 8.35. The fourth-order valence-electron chi connectivity index (χ4n) is 3.29. The number of aryl methyl sites for hydroxylation is 1. The topological polar surface area (TPSA) is 55.9 Å². The molecule has 1 aromatic carbocycles. The van der Waals surface area contributed by atoms with E-state index in [2.05, 4.69) is 47.8 Å². The Morgan fingerprint density at radius 1 is 1.22 bits per heavy atom. The number of benzene rings is 1. The van der Waals surface area contributed by atoms with E-state index in [-0.39, 0.29) is 0 Å². The van der Waals surface area contributed by atoms with Crippen LogP contribution >= 0.6 is 0 Å². The third-order valence-corrected chi connectivity index (χ3v) is 4.41. The van der Waals surface area contributed by atoms with Crippen molar-refractivity contribution < 1.29 is 4.42 Å². The van der Waals surface area contributed by atoms with Crippen molar-refractivity contribution in [2.75, 3.05) is 5.32 Å². The van der Waals surface area contributed by atoms with Crippen molar-refractivity contribution in [2.45, 2.75) is 52.6 Å². The molecule has 0 radical (unpaired) electrons. The molecule has 1 N–H and O–H groups in total. The number of anilines is 1. The molecule has 1 aliphatic heterocycles. The van der Waals surface area contributed by atoms with Crippen LogP contribution in [0.15, 0.2) is 22.6 Å². The summed E-state index contributed by atoms with van der Waals surface area (Å²) < 4.78 is 8.09. The summed E-state index contributed by atoms with van der Waals surface area (Å²) in [5.41, 5.74) is 5.11. The van der Waals surface area contributed by atoms with Crippen LogP contribution in [-0.4, -0.2) is 20.6 Å². The van der Waals surface area contributed by atoms with Crippen LogP contribution in [0.4, 0.5) is 6.01 Å².